The lowest BCUT2D eigenvalue weighted by Crippen LogP contribution is -2.29. The molecule has 0 radical (unpaired) electrons. The van der Waals surface area contributed by atoms with Gasteiger partial charge in [-0.15, -0.1) is 0 Å². The Morgan fingerprint density at radius 1 is 1.30 bits per heavy atom. The molecular formula is C14H14N2O4. The number of aromatic nitrogens is 2. The van der Waals surface area contributed by atoms with Crippen molar-refractivity contribution >= 4 is 16.7 Å². The molecule has 0 spiro atoms. The molecule has 1 N–H and O–H groups in total. The molecule has 0 aliphatic carbocycles. The molecule has 1 heterocycles. The van der Waals surface area contributed by atoms with Gasteiger partial charge in [0.15, 0.2) is 0 Å². The van der Waals surface area contributed by atoms with Crippen molar-refractivity contribution in [2.24, 2.45) is 0 Å². The number of allylic oxidation sites excluding steroid dienone is 1. The highest BCUT2D eigenvalue weighted by molar-refractivity contribution is 5.87. The summed E-state index contributed by atoms with van der Waals surface area (Å²) in [6, 6.07) is 6.58. The van der Waals surface area contributed by atoms with E-state index in [0.29, 0.717) is 16.3 Å². The summed E-state index contributed by atoms with van der Waals surface area (Å²) < 4.78 is 5.72. The van der Waals surface area contributed by atoms with Crippen LogP contribution in [-0.4, -0.2) is 22.9 Å². The summed E-state index contributed by atoms with van der Waals surface area (Å²) >= 11 is 0. The monoisotopic (exact) mass is 274 g/mol. The Hall–Kier alpha value is -2.63. The minimum Gasteiger partial charge on any atom is -0.466 e. The molecule has 0 aliphatic rings. The first-order chi connectivity index (χ1) is 9.54. The Morgan fingerprint density at radius 3 is 2.60 bits per heavy atom. The number of nitrogens with zero attached hydrogens (tertiary/aromatic N) is 1. The van der Waals surface area contributed by atoms with Crippen LogP contribution in [0.5, 0.6) is 0 Å². The molecule has 2 rings (SSSR count). The minimum atomic E-state index is -0.471. The number of H-pyrrole nitrogens is 1. The number of benzene rings is 1. The normalized spacial score (nSPS) is 11.6. The van der Waals surface area contributed by atoms with Gasteiger partial charge in [0.25, 0.3) is 11.1 Å². The molecule has 0 unspecified atom stereocenters. The molecule has 0 saturated carbocycles. The summed E-state index contributed by atoms with van der Waals surface area (Å²) in [6.45, 7) is 1.68. The fourth-order valence-corrected chi connectivity index (χ4v) is 1.85. The van der Waals surface area contributed by atoms with E-state index in [1.807, 2.05) is 0 Å². The van der Waals surface area contributed by atoms with Gasteiger partial charge in [-0.2, -0.15) is 0 Å². The van der Waals surface area contributed by atoms with Gasteiger partial charge in [0.2, 0.25) is 0 Å². The van der Waals surface area contributed by atoms with Crippen LogP contribution in [-0.2, 0) is 16.1 Å². The highest BCUT2D eigenvalue weighted by Gasteiger charge is 2.07. The zero-order valence-electron chi connectivity index (χ0n) is 11.2. The number of methoxy groups -OCH3 is 1. The summed E-state index contributed by atoms with van der Waals surface area (Å²) in [5.74, 6) is -0.471. The molecule has 0 aliphatic heterocycles. The van der Waals surface area contributed by atoms with E-state index >= 15 is 0 Å². The van der Waals surface area contributed by atoms with Gasteiger partial charge >= 0.3 is 5.97 Å². The quantitative estimate of drug-likeness (QED) is 0.663. The fraction of sp³-hybridized carbons (Fsp3) is 0.214. The van der Waals surface area contributed by atoms with Crippen molar-refractivity contribution in [1.82, 2.24) is 9.78 Å². The van der Waals surface area contributed by atoms with E-state index in [0.717, 1.165) is 4.68 Å². The van der Waals surface area contributed by atoms with Gasteiger partial charge in [-0.3, -0.25) is 14.7 Å². The summed E-state index contributed by atoms with van der Waals surface area (Å²) in [4.78, 5) is 35.3. The third kappa shape index (κ3) is 2.54. The van der Waals surface area contributed by atoms with E-state index in [-0.39, 0.29) is 17.7 Å². The van der Waals surface area contributed by atoms with Crippen LogP contribution in [0.3, 0.4) is 0 Å². The van der Waals surface area contributed by atoms with E-state index in [9.17, 15) is 14.4 Å². The zero-order valence-corrected chi connectivity index (χ0v) is 11.2. The molecule has 0 bridgehead atoms. The molecule has 0 saturated heterocycles. The number of esters is 1. The second kappa shape index (κ2) is 5.56. The second-order valence-electron chi connectivity index (χ2n) is 4.28. The Morgan fingerprint density at radius 2 is 1.95 bits per heavy atom. The number of ether oxygens (including phenoxy) is 1. The Kier molecular flexibility index (Phi) is 3.84. The van der Waals surface area contributed by atoms with Crippen molar-refractivity contribution < 1.29 is 9.53 Å². The van der Waals surface area contributed by atoms with Gasteiger partial charge in [0, 0.05) is 5.57 Å². The molecule has 0 atom stereocenters. The summed E-state index contributed by atoms with van der Waals surface area (Å²) in [7, 11) is 1.28. The van der Waals surface area contributed by atoms with E-state index in [4.69, 9.17) is 0 Å². The lowest BCUT2D eigenvalue weighted by molar-refractivity contribution is -0.136. The highest BCUT2D eigenvalue weighted by Crippen LogP contribution is 2.03. The molecule has 2 aromatic rings. The summed E-state index contributed by atoms with van der Waals surface area (Å²) in [5.41, 5.74) is -0.285. The topological polar surface area (TPSA) is 81.2 Å². The highest BCUT2D eigenvalue weighted by atomic mass is 16.5. The van der Waals surface area contributed by atoms with Crippen LogP contribution in [0.2, 0.25) is 0 Å². The van der Waals surface area contributed by atoms with Crippen LogP contribution in [0.4, 0.5) is 0 Å². The van der Waals surface area contributed by atoms with Gasteiger partial charge in [0.05, 0.1) is 24.4 Å². The van der Waals surface area contributed by atoms with Crippen LogP contribution in [0.15, 0.2) is 45.5 Å². The number of fused-ring (bicyclic) bond motifs is 1. The van der Waals surface area contributed by atoms with Crippen LogP contribution in [0, 0.1) is 0 Å². The summed E-state index contributed by atoms with van der Waals surface area (Å²) in [6.07, 6.45) is 1.53. The smallest absolute Gasteiger partial charge is 0.333 e. The number of nitrogens with one attached hydrogen (secondary N) is 1. The predicted molar refractivity (Wildman–Crippen MR) is 74.6 cm³/mol. The maximum absolute atomic E-state index is 12.2. The molecule has 6 heteroatoms. The van der Waals surface area contributed by atoms with Crippen molar-refractivity contribution in [2.45, 2.75) is 13.5 Å². The molecule has 1 aromatic heterocycles. The van der Waals surface area contributed by atoms with E-state index in [1.54, 1.807) is 31.2 Å². The molecule has 0 amide bonds. The lowest BCUT2D eigenvalue weighted by Gasteiger charge is -2.05. The Labute approximate surface area is 114 Å². The number of hydrogen-bond donors (Lipinski definition) is 1. The van der Waals surface area contributed by atoms with Crippen molar-refractivity contribution in [3.8, 4) is 0 Å². The Balaban J connectivity index is 2.47. The average Bonchev–Trinajstić information content (AvgIpc) is 2.48. The van der Waals surface area contributed by atoms with Crippen molar-refractivity contribution in [2.75, 3.05) is 7.11 Å². The van der Waals surface area contributed by atoms with Crippen LogP contribution in [0.25, 0.3) is 10.8 Å². The number of carbonyl (C=O) groups is 1. The molecule has 0 fully saturated rings. The standard InChI is InChI=1S/C14H14N2O4/c1-9(14(19)20-2)7-8-16-13(18)11-6-4-3-5-10(11)12(17)15-16/h3-7H,8H2,1-2H3,(H,15,17). The van der Waals surface area contributed by atoms with Crippen LogP contribution >= 0.6 is 0 Å². The van der Waals surface area contributed by atoms with Gasteiger partial charge in [-0.05, 0) is 19.1 Å². The molecule has 6 nitrogen and oxygen atoms in total. The van der Waals surface area contributed by atoms with Gasteiger partial charge in [-0.25, -0.2) is 9.48 Å². The fourth-order valence-electron chi connectivity index (χ4n) is 1.85. The number of hydrogen-bond acceptors (Lipinski definition) is 4. The van der Waals surface area contributed by atoms with Crippen molar-refractivity contribution in [1.29, 1.82) is 0 Å². The Bertz CT molecular complexity index is 799. The minimum absolute atomic E-state index is 0.0971. The van der Waals surface area contributed by atoms with E-state index in [1.165, 1.54) is 13.2 Å². The second-order valence-corrected chi connectivity index (χ2v) is 4.28. The largest absolute Gasteiger partial charge is 0.466 e. The third-order valence-corrected chi connectivity index (χ3v) is 2.97. The predicted octanol–water partition coefficient (Wildman–Crippen LogP) is 0.809. The first-order valence-corrected chi connectivity index (χ1v) is 6.01. The van der Waals surface area contributed by atoms with E-state index in [2.05, 4.69) is 9.84 Å². The van der Waals surface area contributed by atoms with Gasteiger partial charge in [0.1, 0.15) is 0 Å². The maximum atomic E-state index is 12.2. The molecule has 104 valence electrons. The van der Waals surface area contributed by atoms with Gasteiger partial charge in [-0.1, -0.05) is 18.2 Å². The average molecular weight is 274 g/mol. The number of aromatic amines is 1. The SMILES string of the molecule is COC(=O)C(C)=CCn1[nH]c(=O)c2ccccc2c1=O. The molecular weight excluding hydrogens is 260 g/mol. The first-order valence-electron chi connectivity index (χ1n) is 6.01. The summed E-state index contributed by atoms with van der Waals surface area (Å²) in [5, 5.41) is 3.18. The molecule has 20 heavy (non-hydrogen) atoms. The number of carbonyl (C=O) groups excluding carboxylic acids is 1. The number of rotatable bonds is 3. The van der Waals surface area contributed by atoms with Crippen LogP contribution < -0.4 is 11.1 Å². The van der Waals surface area contributed by atoms with Crippen molar-refractivity contribution in [3.63, 3.8) is 0 Å². The first kappa shape index (κ1) is 13.8. The van der Waals surface area contributed by atoms with Crippen molar-refractivity contribution in [3.05, 3.63) is 56.6 Å². The van der Waals surface area contributed by atoms with Crippen LogP contribution in [0.1, 0.15) is 6.92 Å². The lowest BCUT2D eigenvalue weighted by atomic mass is 10.2. The van der Waals surface area contributed by atoms with Gasteiger partial charge < -0.3 is 4.74 Å². The molecule has 1 aromatic carbocycles. The maximum Gasteiger partial charge on any atom is 0.333 e. The third-order valence-electron chi connectivity index (χ3n) is 2.97. The van der Waals surface area contributed by atoms with E-state index < -0.39 is 5.97 Å². The zero-order chi connectivity index (χ0) is 14.7.